The molecule has 2 heterocycles. The van der Waals surface area contributed by atoms with E-state index in [4.69, 9.17) is 18.9 Å². The molecule has 1 aliphatic rings. The number of aryl methyl sites for hydroxylation is 2. The first-order chi connectivity index (χ1) is 20.2. The summed E-state index contributed by atoms with van der Waals surface area (Å²) in [5.74, 6) is -1.99. The third-order valence-corrected chi connectivity index (χ3v) is 6.42. The number of halogens is 1. The highest BCUT2D eigenvalue weighted by Gasteiger charge is 2.30. The molecule has 0 spiro atoms. The molecule has 10 heteroatoms. The lowest BCUT2D eigenvalue weighted by atomic mass is 10.0. The summed E-state index contributed by atoms with van der Waals surface area (Å²) in [7, 11) is 1.38. The van der Waals surface area contributed by atoms with Crippen LogP contribution in [0.2, 0.25) is 0 Å². The molecule has 0 saturated carbocycles. The summed E-state index contributed by atoms with van der Waals surface area (Å²) in [5.41, 5.74) is 2.14. The molecule has 224 valence electrons. The highest BCUT2D eigenvalue weighted by molar-refractivity contribution is 5.98. The molecule has 1 fully saturated rings. The molecule has 1 aliphatic heterocycles. The third kappa shape index (κ3) is 10.3. The minimum absolute atomic E-state index is 0.0759. The van der Waals surface area contributed by atoms with Crippen molar-refractivity contribution in [2.75, 3.05) is 13.7 Å². The SMILES string of the molecule is COc1ccnc(C(=O)N[C@H]2CCOC(CCc3ccccc3)CC(C)OC2=O)c1OC(C)=O.Cc1ccc(F)cc1. The van der Waals surface area contributed by atoms with Gasteiger partial charge in [0.15, 0.2) is 11.4 Å². The zero-order chi connectivity index (χ0) is 30.5. The molecule has 3 aromatic rings. The maximum absolute atomic E-state index is 12.9. The first kappa shape index (κ1) is 32.2. The molecule has 2 aromatic carbocycles. The lowest BCUT2D eigenvalue weighted by Crippen LogP contribution is -2.43. The van der Waals surface area contributed by atoms with Crippen LogP contribution < -0.4 is 14.8 Å². The first-order valence-corrected chi connectivity index (χ1v) is 13.8. The number of hydrogen-bond acceptors (Lipinski definition) is 8. The molecule has 0 radical (unpaired) electrons. The van der Waals surface area contributed by atoms with Crippen LogP contribution in [0.3, 0.4) is 0 Å². The second-order valence-electron chi connectivity index (χ2n) is 9.90. The van der Waals surface area contributed by atoms with Crippen molar-refractivity contribution in [1.82, 2.24) is 10.3 Å². The maximum Gasteiger partial charge on any atom is 0.329 e. The molecule has 3 atom stereocenters. The van der Waals surface area contributed by atoms with Crippen LogP contribution in [-0.4, -0.2) is 54.8 Å². The van der Waals surface area contributed by atoms with Gasteiger partial charge in [-0.2, -0.15) is 0 Å². The van der Waals surface area contributed by atoms with Crippen LogP contribution in [-0.2, 0) is 25.5 Å². The number of cyclic esters (lactones) is 1. The Morgan fingerprint density at radius 3 is 2.45 bits per heavy atom. The predicted octanol–water partition coefficient (Wildman–Crippen LogP) is 4.99. The van der Waals surface area contributed by atoms with Crippen LogP contribution in [0, 0.1) is 12.7 Å². The van der Waals surface area contributed by atoms with Crippen molar-refractivity contribution in [2.45, 2.75) is 64.7 Å². The van der Waals surface area contributed by atoms with E-state index >= 15 is 0 Å². The fourth-order valence-corrected chi connectivity index (χ4v) is 4.30. The van der Waals surface area contributed by atoms with Crippen molar-refractivity contribution in [3.05, 3.63) is 89.5 Å². The summed E-state index contributed by atoms with van der Waals surface area (Å²) >= 11 is 0. The van der Waals surface area contributed by atoms with Gasteiger partial charge in [-0.15, -0.1) is 0 Å². The Hall–Kier alpha value is -4.31. The maximum atomic E-state index is 12.9. The average Bonchev–Trinajstić information content (AvgIpc) is 3.03. The van der Waals surface area contributed by atoms with Crippen LogP contribution >= 0.6 is 0 Å². The highest BCUT2D eigenvalue weighted by atomic mass is 19.1. The van der Waals surface area contributed by atoms with E-state index in [-0.39, 0.29) is 48.2 Å². The summed E-state index contributed by atoms with van der Waals surface area (Å²) in [5, 5.41) is 2.64. The minimum Gasteiger partial charge on any atom is -0.493 e. The number of esters is 2. The van der Waals surface area contributed by atoms with Gasteiger partial charge in [0.25, 0.3) is 5.91 Å². The predicted molar refractivity (Wildman–Crippen MR) is 154 cm³/mol. The monoisotopic (exact) mass is 580 g/mol. The van der Waals surface area contributed by atoms with Gasteiger partial charge in [0, 0.05) is 38.6 Å². The zero-order valence-corrected chi connectivity index (χ0v) is 24.3. The Bertz CT molecular complexity index is 1300. The van der Waals surface area contributed by atoms with Gasteiger partial charge in [-0.3, -0.25) is 9.59 Å². The van der Waals surface area contributed by atoms with Crippen LogP contribution in [0.1, 0.15) is 54.7 Å². The molecule has 1 aromatic heterocycles. The van der Waals surface area contributed by atoms with Crippen LogP contribution in [0.25, 0.3) is 0 Å². The number of benzene rings is 2. The Kier molecular flexibility index (Phi) is 12.4. The van der Waals surface area contributed by atoms with Crippen molar-refractivity contribution in [3.63, 3.8) is 0 Å². The van der Waals surface area contributed by atoms with Gasteiger partial charge in [0.2, 0.25) is 5.75 Å². The lowest BCUT2D eigenvalue weighted by Gasteiger charge is -2.20. The number of methoxy groups -OCH3 is 1. The molecule has 1 N–H and O–H groups in total. The molecular weight excluding hydrogens is 543 g/mol. The summed E-state index contributed by atoms with van der Waals surface area (Å²) in [6, 6.07) is 17.0. The average molecular weight is 581 g/mol. The Balaban J connectivity index is 0.000000521. The van der Waals surface area contributed by atoms with Crippen molar-refractivity contribution in [3.8, 4) is 11.5 Å². The first-order valence-electron chi connectivity index (χ1n) is 13.8. The van der Waals surface area contributed by atoms with Gasteiger partial charge >= 0.3 is 11.9 Å². The number of ether oxygens (including phenoxy) is 4. The van der Waals surface area contributed by atoms with Gasteiger partial charge in [0.05, 0.1) is 13.2 Å². The standard InChI is InChI=1S/C25H30N2O7.C7H7F/c1-16-15-19(10-9-18-7-5-4-6-8-18)32-14-12-20(25(30)33-16)27-24(29)22-23(34-17(2)28)21(31-3)11-13-26-22;1-6-2-4-7(8)5-3-6/h4-8,11,13,16,19-20H,9-10,12,14-15H2,1-3H3,(H,27,29);2-5H,1H3/t16?,19?,20-;/m0./s1. The van der Waals surface area contributed by atoms with E-state index in [0.29, 0.717) is 6.42 Å². The van der Waals surface area contributed by atoms with Gasteiger partial charge in [-0.1, -0.05) is 48.0 Å². The second kappa shape index (κ2) is 16.2. The lowest BCUT2D eigenvalue weighted by molar-refractivity contribution is -0.151. The van der Waals surface area contributed by atoms with Crippen LogP contribution in [0.4, 0.5) is 4.39 Å². The van der Waals surface area contributed by atoms with Gasteiger partial charge in [0.1, 0.15) is 18.0 Å². The fraction of sp³-hybridized carbons (Fsp3) is 0.375. The normalized spacial score (nSPS) is 18.6. The zero-order valence-electron chi connectivity index (χ0n) is 24.3. The van der Waals surface area contributed by atoms with Gasteiger partial charge < -0.3 is 24.3 Å². The number of carbonyl (C=O) groups is 3. The molecule has 0 bridgehead atoms. The number of nitrogens with one attached hydrogen (secondary N) is 1. The van der Waals surface area contributed by atoms with Crippen LogP contribution in [0.5, 0.6) is 11.5 Å². The van der Waals surface area contributed by atoms with Crippen molar-refractivity contribution in [2.24, 2.45) is 0 Å². The van der Waals surface area contributed by atoms with Gasteiger partial charge in [-0.25, -0.2) is 14.2 Å². The minimum atomic E-state index is -0.944. The highest BCUT2D eigenvalue weighted by Crippen LogP contribution is 2.30. The number of nitrogens with zero attached hydrogens (tertiary/aromatic N) is 1. The van der Waals surface area contributed by atoms with E-state index in [2.05, 4.69) is 22.4 Å². The van der Waals surface area contributed by atoms with E-state index in [1.54, 1.807) is 12.1 Å². The Labute approximate surface area is 245 Å². The largest absolute Gasteiger partial charge is 0.493 e. The number of pyridine rings is 1. The van der Waals surface area contributed by atoms with Crippen molar-refractivity contribution >= 4 is 17.8 Å². The van der Waals surface area contributed by atoms with Gasteiger partial charge in [-0.05, 0) is 44.4 Å². The second-order valence-corrected chi connectivity index (χ2v) is 9.90. The van der Waals surface area contributed by atoms with E-state index in [0.717, 1.165) is 18.4 Å². The summed E-state index contributed by atoms with van der Waals surface area (Å²) in [6.45, 7) is 5.22. The summed E-state index contributed by atoms with van der Waals surface area (Å²) < 4.78 is 34.0. The number of amides is 1. The van der Waals surface area contributed by atoms with Crippen molar-refractivity contribution < 1.29 is 37.7 Å². The van der Waals surface area contributed by atoms with Crippen molar-refractivity contribution in [1.29, 1.82) is 0 Å². The fourth-order valence-electron chi connectivity index (χ4n) is 4.30. The topological polar surface area (TPSA) is 113 Å². The molecule has 9 nitrogen and oxygen atoms in total. The molecule has 1 amide bonds. The molecule has 1 saturated heterocycles. The third-order valence-electron chi connectivity index (χ3n) is 6.42. The van der Waals surface area contributed by atoms with E-state index in [9.17, 15) is 18.8 Å². The molecule has 2 unspecified atom stereocenters. The van der Waals surface area contributed by atoms with E-state index in [1.165, 1.54) is 44.0 Å². The number of rotatable bonds is 7. The summed E-state index contributed by atoms with van der Waals surface area (Å²) in [6.07, 6.45) is 3.34. The number of aromatic nitrogens is 1. The Morgan fingerprint density at radius 2 is 1.81 bits per heavy atom. The molecule has 0 aliphatic carbocycles. The summed E-state index contributed by atoms with van der Waals surface area (Å²) in [4.78, 5) is 41.2. The van der Waals surface area contributed by atoms with E-state index < -0.39 is 23.9 Å². The molecule has 42 heavy (non-hydrogen) atoms. The molecular formula is C32H37FN2O7. The Morgan fingerprint density at radius 1 is 1.10 bits per heavy atom. The van der Waals surface area contributed by atoms with Crippen LogP contribution in [0.15, 0.2) is 66.9 Å². The number of hydrogen-bond donors (Lipinski definition) is 1. The number of carbonyl (C=O) groups excluding carboxylic acids is 3. The molecule has 4 rings (SSSR count). The van der Waals surface area contributed by atoms with E-state index in [1.807, 2.05) is 32.0 Å². The quantitative estimate of drug-likeness (QED) is 0.389. The smallest absolute Gasteiger partial charge is 0.329 e.